The lowest BCUT2D eigenvalue weighted by Crippen LogP contribution is -2.50. The summed E-state index contributed by atoms with van der Waals surface area (Å²) in [6, 6.07) is 4.91. The first kappa shape index (κ1) is 21.5. The summed E-state index contributed by atoms with van der Waals surface area (Å²) in [4.78, 5) is 41.8. The van der Waals surface area contributed by atoms with E-state index in [0.717, 1.165) is 36.1 Å². The van der Waals surface area contributed by atoms with Crippen LogP contribution in [0.2, 0.25) is 0 Å². The Morgan fingerprint density at radius 2 is 1.90 bits per heavy atom. The number of rotatable bonds is 5. The molecule has 2 saturated heterocycles. The van der Waals surface area contributed by atoms with Gasteiger partial charge in [-0.25, -0.2) is 4.79 Å². The first-order valence-electron chi connectivity index (χ1n) is 11.0. The van der Waals surface area contributed by atoms with Crippen LogP contribution >= 0.6 is 0 Å². The summed E-state index contributed by atoms with van der Waals surface area (Å²) < 4.78 is 10.9. The van der Waals surface area contributed by atoms with E-state index >= 15 is 0 Å². The van der Waals surface area contributed by atoms with E-state index in [0.29, 0.717) is 36.8 Å². The molecule has 8 heteroatoms. The average Bonchev–Trinajstić information content (AvgIpc) is 3.35. The number of carbonyl (C=O) groups is 3. The fourth-order valence-electron chi connectivity index (χ4n) is 5.13. The van der Waals surface area contributed by atoms with Crippen LogP contribution in [0.15, 0.2) is 18.2 Å². The molecule has 31 heavy (non-hydrogen) atoms. The van der Waals surface area contributed by atoms with Crippen molar-refractivity contribution in [3.63, 3.8) is 0 Å². The molecule has 2 aliphatic heterocycles. The summed E-state index contributed by atoms with van der Waals surface area (Å²) in [6.45, 7) is 2.51. The van der Waals surface area contributed by atoms with Crippen molar-refractivity contribution in [2.45, 2.75) is 57.0 Å². The van der Waals surface area contributed by atoms with Crippen LogP contribution in [-0.2, 0) is 9.59 Å². The molecule has 1 aromatic carbocycles. The van der Waals surface area contributed by atoms with Gasteiger partial charge >= 0.3 is 6.03 Å². The average molecular weight is 430 g/mol. The van der Waals surface area contributed by atoms with E-state index in [4.69, 9.17) is 9.47 Å². The van der Waals surface area contributed by atoms with E-state index in [1.807, 2.05) is 18.2 Å². The molecule has 8 nitrogen and oxygen atoms in total. The highest BCUT2D eigenvalue weighted by Gasteiger charge is 2.52. The normalized spacial score (nSPS) is 28.2. The van der Waals surface area contributed by atoms with Gasteiger partial charge in [0.2, 0.25) is 5.91 Å². The molecule has 0 unspecified atom stereocenters. The monoisotopic (exact) mass is 429 g/mol. The molecular formula is C23H31N3O5. The van der Waals surface area contributed by atoms with Crippen LogP contribution in [0.25, 0.3) is 0 Å². The van der Waals surface area contributed by atoms with Crippen LogP contribution in [0, 0.1) is 5.92 Å². The van der Waals surface area contributed by atoms with Crippen LogP contribution in [0.1, 0.15) is 57.1 Å². The highest BCUT2D eigenvalue weighted by Crippen LogP contribution is 2.40. The summed E-state index contributed by atoms with van der Waals surface area (Å²) in [6.07, 6.45) is 4.71. The van der Waals surface area contributed by atoms with E-state index in [1.54, 1.807) is 19.1 Å². The Hall–Kier alpha value is -2.77. The molecule has 1 atom stereocenters. The van der Waals surface area contributed by atoms with E-state index in [2.05, 4.69) is 12.2 Å². The Morgan fingerprint density at radius 3 is 2.58 bits per heavy atom. The number of imide groups is 1. The second-order valence-corrected chi connectivity index (χ2v) is 8.94. The third-order valence-electron chi connectivity index (χ3n) is 7.04. The summed E-state index contributed by atoms with van der Waals surface area (Å²) in [5.74, 6) is 1.45. The second kappa shape index (κ2) is 8.40. The minimum atomic E-state index is -0.829. The lowest BCUT2D eigenvalue weighted by molar-refractivity contribution is -0.140. The van der Waals surface area contributed by atoms with E-state index in [9.17, 15) is 14.4 Å². The number of methoxy groups -OCH3 is 2. The smallest absolute Gasteiger partial charge is 0.325 e. The second-order valence-electron chi connectivity index (χ2n) is 8.94. The number of likely N-dealkylation sites (tertiary alicyclic amines) is 1. The van der Waals surface area contributed by atoms with Crippen molar-refractivity contribution >= 4 is 17.8 Å². The van der Waals surface area contributed by atoms with Crippen molar-refractivity contribution in [2.24, 2.45) is 5.92 Å². The minimum Gasteiger partial charge on any atom is -0.497 e. The Kier molecular flexibility index (Phi) is 5.81. The number of urea groups is 1. The number of hydrogen-bond donors (Lipinski definition) is 1. The maximum absolute atomic E-state index is 13.2. The highest BCUT2D eigenvalue weighted by atomic mass is 16.5. The molecule has 0 aromatic heterocycles. The number of hydrogen-bond acceptors (Lipinski definition) is 5. The van der Waals surface area contributed by atoms with E-state index in [1.165, 1.54) is 0 Å². The van der Waals surface area contributed by atoms with Crippen LogP contribution in [0.3, 0.4) is 0 Å². The van der Waals surface area contributed by atoms with Crippen molar-refractivity contribution in [2.75, 3.05) is 27.3 Å². The molecule has 4 amide bonds. The Bertz CT molecular complexity index is 878. The van der Waals surface area contributed by atoms with E-state index < -0.39 is 11.6 Å². The van der Waals surface area contributed by atoms with Gasteiger partial charge in [-0.3, -0.25) is 14.5 Å². The van der Waals surface area contributed by atoms with Gasteiger partial charge in [0.05, 0.1) is 20.3 Å². The van der Waals surface area contributed by atoms with Crippen LogP contribution in [-0.4, -0.2) is 60.5 Å². The number of nitrogens with one attached hydrogen (secondary N) is 1. The molecular weight excluding hydrogens is 398 g/mol. The summed E-state index contributed by atoms with van der Waals surface area (Å²) in [7, 11) is 3.20. The molecule has 168 valence electrons. The lowest BCUT2D eigenvalue weighted by atomic mass is 9.77. The summed E-state index contributed by atoms with van der Waals surface area (Å²) >= 11 is 0. The molecule has 1 N–H and O–H groups in total. The maximum atomic E-state index is 13.2. The van der Waals surface area contributed by atoms with Crippen molar-refractivity contribution in [3.05, 3.63) is 23.8 Å². The molecule has 3 fully saturated rings. The van der Waals surface area contributed by atoms with Gasteiger partial charge in [-0.2, -0.15) is 0 Å². The van der Waals surface area contributed by atoms with Gasteiger partial charge in [-0.15, -0.1) is 0 Å². The number of amides is 4. The van der Waals surface area contributed by atoms with Gasteiger partial charge in [-0.05, 0) is 62.6 Å². The molecule has 4 rings (SSSR count). The number of carbonyl (C=O) groups excluding carboxylic acids is 3. The van der Waals surface area contributed by atoms with Gasteiger partial charge in [0.1, 0.15) is 23.6 Å². The fourth-order valence-corrected chi connectivity index (χ4v) is 5.13. The first-order chi connectivity index (χ1) is 14.9. The van der Waals surface area contributed by atoms with Crippen molar-refractivity contribution < 1.29 is 23.9 Å². The third-order valence-corrected chi connectivity index (χ3v) is 7.04. The molecule has 2 heterocycles. The Morgan fingerprint density at radius 1 is 1.16 bits per heavy atom. The fraction of sp³-hybridized carbons (Fsp3) is 0.609. The number of benzene rings is 1. The quantitative estimate of drug-likeness (QED) is 0.727. The zero-order chi connectivity index (χ0) is 22.2. The maximum Gasteiger partial charge on any atom is 0.325 e. The Balaban J connectivity index is 1.51. The van der Waals surface area contributed by atoms with Gasteiger partial charge in [0.15, 0.2) is 0 Å². The number of nitrogens with zero attached hydrogens (tertiary/aromatic N) is 2. The van der Waals surface area contributed by atoms with Gasteiger partial charge in [0, 0.05) is 12.1 Å². The zero-order valence-corrected chi connectivity index (χ0v) is 18.5. The van der Waals surface area contributed by atoms with Crippen LogP contribution < -0.4 is 14.8 Å². The topological polar surface area (TPSA) is 88.2 Å². The van der Waals surface area contributed by atoms with Gasteiger partial charge < -0.3 is 19.7 Å². The highest BCUT2D eigenvalue weighted by molar-refractivity contribution is 6.09. The molecule has 1 saturated carbocycles. The van der Waals surface area contributed by atoms with Gasteiger partial charge in [-0.1, -0.05) is 6.92 Å². The SMILES string of the molecule is COc1ccc(OC)c([C@H]2CCCN2C(=O)CN2C(=O)NC3(CCC(C)CC3)C2=O)c1. The Labute approximate surface area is 182 Å². The third kappa shape index (κ3) is 3.83. The molecule has 0 radical (unpaired) electrons. The zero-order valence-electron chi connectivity index (χ0n) is 18.5. The lowest BCUT2D eigenvalue weighted by Gasteiger charge is -2.33. The molecule has 1 spiro atoms. The van der Waals surface area contributed by atoms with Crippen LogP contribution in [0.4, 0.5) is 4.79 Å². The molecule has 3 aliphatic rings. The van der Waals surface area contributed by atoms with Crippen molar-refractivity contribution in [3.8, 4) is 11.5 Å². The van der Waals surface area contributed by atoms with Gasteiger partial charge in [0.25, 0.3) is 5.91 Å². The predicted octanol–water partition coefficient (Wildman–Crippen LogP) is 2.87. The first-order valence-corrected chi connectivity index (χ1v) is 11.0. The summed E-state index contributed by atoms with van der Waals surface area (Å²) in [5.41, 5.74) is 0.0484. The standard InChI is InChI=1S/C23H31N3O5/c1-15-8-10-23(11-9-15)21(28)26(22(29)24-23)14-20(27)25-12-4-5-18(25)17-13-16(30-2)6-7-19(17)31-3/h6-7,13,15,18H,4-5,8-12,14H2,1-3H3,(H,24,29)/t15?,18-,23?/m1/s1. The molecule has 1 aromatic rings. The van der Waals surface area contributed by atoms with Crippen molar-refractivity contribution in [1.82, 2.24) is 15.1 Å². The van der Waals surface area contributed by atoms with E-state index in [-0.39, 0.29) is 24.4 Å². The van der Waals surface area contributed by atoms with Crippen LogP contribution in [0.5, 0.6) is 11.5 Å². The molecule has 1 aliphatic carbocycles. The number of ether oxygens (including phenoxy) is 2. The van der Waals surface area contributed by atoms with Crippen molar-refractivity contribution in [1.29, 1.82) is 0 Å². The summed E-state index contributed by atoms with van der Waals surface area (Å²) in [5, 5.41) is 2.89. The molecule has 0 bridgehead atoms. The largest absolute Gasteiger partial charge is 0.497 e. The predicted molar refractivity (Wildman–Crippen MR) is 114 cm³/mol. The minimum absolute atomic E-state index is 0.178.